The van der Waals surface area contributed by atoms with Crippen LogP contribution in [0.25, 0.3) is 11.1 Å². The molecule has 1 aliphatic rings. The summed E-state index contributed by atoms with van der Waals surface area (Å²) >= 11 is 0. The number of rotatable bonds is 2. The lowest BCUT2D eigenvalue weighted by atomic mass is 10.00. The summed E-state index contributed by atoms with van der Waals surface area (Å²) in [7, 11) is 0. The lowest BCUT2D eigenvalue weighted by Gasteiger charge is -2.24. The quantitative estimate of drug-likeness (QED) is 0.867. The van der Waals surface area contributed by atoms with Gasteiger partial charge < -0.3 is 15.2 Å². The summed E-state index contributed by atoms with van der Waals surface area (Å²) in [6.45, 7) is 2.40. The molecule has 2 N–H and O–H groups in total. The average molecular weight is 255 g/mol. The molecular weight excluding hydrogens is 238 g/mol. The summed E-state index contributed by atoms with van der Waals surface area (Å²) < 4.78 is 5.47. The Balaban J connectivity index is 1.84. The number of para-hydroxylation sites is 1. The molecule has 19 heavy (non-hydrogen) atoms. The third kappa shape index (κ3) is 2.62. The minimum absolute atomic E-state index is 0.271. The zero-order chi connectivity index (χ0) is 13.1. The maximum atomic E-state index is 9.85. The molecule has 3 nitrogen and oxygen atoms in total. The fourth-order valence-corrected chi connectivity index (χ4v) is 2.39. The Bertz CT molecular complexity index is 545. The molecule has 0 spiro atoms. The number of benzene rings is 2. The van der Waals surface area contributed by atoms with Gasteiger partial charge in [-0.05, 0) is 17.2 Å². The first-order valence-corrected chi connectivity index (χ1v) is 6.54. The summed E-state index contributed by atoms with van der Waals surface area (Å²) in [6.07, 6.45) is 0. The first kappa shape index (κ1) is 12.2. The number of aromatic hydroxyl groups is 1. The monoisotopic (exact) mass is 255 g/mol. The van der Waals surface area contributed by atoms with E-state index in [0.717, 1.165) is 30.9 Å². The number of ether oxygens (including phenoxy) is 1. The highest BCUT2D eigenvalue weighted by Crippen LogP contribution is 2.29. The highest BCUT2D eigenvalue weighted by molar-refractivity contribution is 5.70. The molecule has 3 heteroatoms. The van der Waals surface area contributed by atoms with Gasteiger partial charge in [-0.3, -0.25) is 0 Å². The second-order valence-corrected chi connectivity index (χ2v) is 4.72. The summed E-state index contributed by atoms with van der Waals surface area (Å²) in [5.41, 5.74) is 3.11. The van der Waals surface area contributed by atoms with Gasteiger partial charge in [0.05, 0.1) is 19.3 Å². The van der Waals surface area contributed by atoms with Crippen LogP contribution in [0, 0.1) is 0 Å². The van der Waals surface area contributed by atoms with Gasteiger partial charge >= 0.3 is 0 Å². The molecule has 0 amide bonds. The average Bonchev–Trinajstić information content (AvgIpc) is 2.49. The normalized spacial score (nSPS) is 19.3. The maximum Gasteiger partial charge on any atom is 0.123 e. The lowest BCUT2D eigenvalue weighted by Crippen LogP contribution is -2.34. The predicted molar refractivity (Wildman–Crippen MR) is 75.1 cm³/mol. The van der Waals surface area contributed by atoms with E-state index in [1.165, 1.54) is 5.56 Å². The van der Waals surface area contributed by atoms with Crippen molar-refractivity contribution in [2.75, 3.05) is 19.8 Å². The number of hydrogen-bond donors (Lipinski definition) is 2. The van der Waals surface area contributed by atoms with Gasteiger partial charge in [-0.25, -0.2) is 0 Å². The van der Waals surface area contributed by atoms with Gasteiger partial charge in [-0.15, -0.1) is 0 Å². The number of phenolic OH excluding ortho intramolecular Hbond substituents is 1. The molecule has 2 aromatic carbocycles. The van der Waals surface area contributed by atoms with Crippen LogP contribution < -0.4 is 5.32 Å². The first-order chi connectivity index (χ1) is 9.34. The van der Waals surface area contributed by atoms with Crippen LogP contribution in [0.15, 0.2) is 48.5 Å². The number of hydrogen-bond acceptors (Lipinski definition) is 3. The highest BCUT2D eigenvalue weighted by atomic mass is 16.5. The van der Waals surface area contributed by atoms with Crippen LogP contribution in [0.2, 0.25) is 0 Å². The zero-order valence-corrected chi connectivity index (χ0v) is 10.7. The molecule has 0 bridgehead atoms. The molecule has 2 aromatic rings. The zero-order valence-electron chi connectivity index (χ0n) is 10.7. The molecule has 0 saturated carbocycles. The SMILES string of the molecule is Oc1ccccc1-c1ccc(C2COCCN2)cc1. The summed E-state index contributed by atoms with van der Waals surface area (Å²) in [6, 6.07) is 15.9. The molecule has 0 radical (unpaired) electrons. The van der Waals surface area contributed by atoms with E-state index in [-0.39, 0.29) is 6.04 Å². The molecule has 1 saturated heterocycles. The molecule has 0 aliphatic carbocycles. The molecule has 98 valence electrons. The van der Waals surface area contributed by atoms with Crippen molar-refractivity contribution < 1.29 is 9.84 Å². The molecule has 1 heterocycles. The second-order valence-electron chi connectivity index (χ2n) is 4.72. The maximum absolute atomic E-state index is 9.85. The van der Waals surface area contributed by atoms with E-state index in [9.17, 15) is 5.11 Å². The Morgan fingerprint density at radius 1 is 1.05 bits per heavy atom. The van der Waals surface area contributed by atoms with Gasteiger partial charge in [0.25, 0.3) is 0 Å². The second kappa shape index (κ2) is 5.43. The number of morpholine rings is 1. The summed E-state index contributed by atoms with van der Waals surface area (Å²) in [4.78, 5) is 0. The Hall–Kier alpha value is -1.84. The van der Waals surface area contributed by atoms with Crippen LogP contribution in [0.1, 0.15) is 11.6 Å². The van der Waals surface area contributed by atoms with Crippen LogP contribution in [-0.4, -0.2) is 24.9 Å². The molecule has 0 aromatic heterocycles. The Morgan fingerprint density at radius 2 is 1.84 bits per heavy atom. The molecular formula is C16H17NO2. The molecule has 1 fully saturated rings. The standard InChI is InChI=1S/C16H17NO2/c18-16-4-2-1-3-14(16)12-5-7-13(8-6-12)15-11-19-10-9-17-15/h1-8,15,17-18H,9-11H2. The highest BCUT2D eigenvalue weighted by Gasteiger charge is 2.15. The Morgan fingerprint density at radius 3 is 2.53 bits per heavy atom. The van der Waals surface area contributed by atoms with Crippen molar-refractivity contribution in [3.05, 3.63) is 54.1 Å². The van der Waals surface area contributed by atoms with E-state index in [4.69, 9.17) is 4.74 Å². The molecule has 3 rings (SSSR count). The Kier molecular flexibility index (Phi) is 3.49. The van der Waals surface area contributed by atoms with Gasteiger partial charge in [0.2, 0.25) is 0 Å². The van der Waals surface area contributed by atoms with E-state index in [1.807, 2.05) is 30.3 Å². The van der Waals surface area contributed by atoms with E-state index in [0.29, 0.717) is 5.75 Å². The van der Waals surface area contributed by atoms with Crippen LogP contribution in [0.3, 0.4) is 0 Å². The smallest absolute Gasteiger partial charge is 0.123 e. The lowest BCUT2D eigenvalue weighted by molar-refractivity contribution is 0.0769. The first-order valence-electron chi connectivity index (χ1n) is 6.54. The van der Waals surface area contributed by atoms with Crippen LogP contribution in [-0.2, 0) is 4.74 Å². The van der Waals surface area contributed by atoms with Crippen LogP contribution in [0.5, 0.6) is 5.75 Å². The van der Waals surface area contributed by atoms with Gasteiger partial charge in [-0.2, -0.15) is 0 Å². The largest absolute Gasteiger partial charge is 0.507 e. The van der Waals surface area contributed by atoms with Crippen molar-refractivity contribution in [3.8, 4) is 16.9 Å². The summed E-state index contributed by atoms with van der Waals surface area (Å²) in [5.74, 6) is 0.314. The van der Waals surface area contributed by atoms with Gasteiger partial charge in [0.15, 0.2) is 0 Å². The van der Waals surface area contributed by atoms with E-state index >= 15 is 0 Å². The third-order valence-corrected chi connectivity index (χ3v) is 3.45. The van der Waals surface area contributed by atoms with Crippen molar-refractivity contribution in [1.82, 2.24) is 5.32 Å². The molecule has 1 atom stereocenters. The third-order valence-electron chi connectivity index (χ3n) is 3.45. The number of nitrogens with one attached hydrogen (secondary N) is 1. The minimum Gasteiger partial charge on any atom is -0.507 e. The van der Waals surface area contributed by atoms with Crippen molar-refractivity contribution >= 4 is 0 Å². The van der Waals surface area contributed by atoms with E-state index < -0.39 is 0 Å². The van der Waals surface area contributed by atoms with E-state index in [1.54, 1.807) is 6.07 Å². The predicted octanol–water partition coefficient (Wildman–Crippen LogP) is 2.72. The van der Waals surface area contributed by atoms with Crippen molar-refractivity contribution in [1.29, 1.82) is 0 Å². The number of phenols is 1. The van der Waals surface area contributed by atoms with Gasteiger partial charge in [0, 0.05) is 12.1 Å². The Labute approximate surface area is 112 Å². The fraction of sp³-hybridized carbons (Fsp3) is 0.250. The van der Waals surface area contributed by atoms with Crippen LogP contribution >= 0.6 is 0 Å². The van der Waals surface area contributed by atoms with Crippen molar-refractivity contribution in [3.63, 3.8) is 0 Å². The van der Waals surface area contributed by atoms with Crippen molar-refractivity contribution in [2.24, 2.45) is 0 Å². The minimum atomic E-state index is 0.271. The van der Waals surface area contributed by atoms with Gasteiger partial charge in [0.1, 0.15) is 5.75 Å². The molecule has 1 unspecified atom stereocenters. The summed E-state index contributed by atoms with van der Waals surface area (Å²) in [5, 5.41) is 13.3. The topological polar surface area (TPSA) is 41.5 Å². The van der Waals surface area contributed by atoms with Crippen molar-refractivity contribution in [2.45, 2.75) is 6.04 Å². The van der Waals surface area contributed by atoms with Gasteiger partial charge in [-0.1, -0.05) is 42.5 Å². The van der Waals surface area contributed by atoms with E-state index in [2.05, 4.69) is 17.4 Å². The van der Waals surface area contributed by atoms with Crippen LogP contribution in [0.4, 0.5) is 0 Å². The fourth-order valence-electron chi connectivity index (χ4n) is 2.39. The molecule has 1 aliphatic heterocycles.